The highest BCUT2D eigenvalue weighted by molar-refractivity contribution is 5.79. The number of ether oxygens (including phenoxy) is 1. The van der Waals surface area contributed by atoms with E-state index in [2.05, 4.69) is 22.3 Å². The average Bonchev–Trinajstić information content (AvgIpc) is 2.88. The standard InChI is InChI=1S/C13H22N4O2/c1-3-6-17-12(14-9-15-17)10(2)16-13(18)11-4-7-19-8-5-11/h9-11H,3-8H2,1-2H3,(H,16,18)/t10-/m0/s1. The van der Waals surface area contributed by atoms with Gasteiger partial charge in [-0.3, -0.25) is 4.79 Å². The highest BCUT2D eigenvalue weighted by atomic mass is 16.5. The average molecular weight is 266 g/mol. The molecule has 0 saturated carbocycles. The van der Waals surface area contributed by atoms with E-state index in [1.807, 2.05) is 11.6 Å². The Kier molecular flexibility index (Phi) is 4.90. The molecule has 0 radical (unpaired) electrons. The number of rotatable bonds is 5. The van der Waals surface area contributed by atoms with E-state index in [0.29, 0.717) is 13.2 Å². The Morgan fingerprint density at radius 3 is 3.00 bits per heavy atom. The number of nitrogens with zero attached hydrogens (tertiary/aromatic N) is 3. The lowest BCUT2D eigenvalue weighted by molar-refractivity contribution is -0.128. The van der Waals surface area contributed by atoms with Crippen LogP contribution in [0.25, 0.3) is 0 Å². The molecule has 0 spiro atoms. The number of hydrogen-bond acceptors (Lipinski definition) is 4. The van der Waals surface area contributed by atoms with Gasteiger partial charge in [-0.15, -0.1) is 0 Å². The zero-order valence-electron chi connectivity index (χ0n) is 11.6. The monoisotopic (exact) mass is 266 g/mol. The molecule has 1 saturated heterocycles. The van der Waals surface area contributed by atoms with Crippen LogP contribution in [-0.4, -0.2) is 33.9 Å². The lowest BCUT2D eigenvalue weighted by Crippen LogP contribution is -2.36. The van der Waals surface area contributed by atoms with Gasteiger partial charge < -0.3 is 10.1 Å². The lowest BCUT2D eigenvalue weighted by atomic mass is 9.99. The first-order valence-electron chi connectivity index (χ1n) is 6.98. The van der Waals surface area contributed by atoms with Crippen LogP contribution in [0.4, 0.5) is 0 Å². The molecule has 1 fully saturated rings. The minimum atomic E-state index is -0.107. The normalized spacial score (nSPS) is 18.2. The van der Waals surface area contributed by atoms with Crippen molar-refractivity contribution in [3.05, 3.63) is 12.2 Å². The second-order valence-electron chi connectivity index (χ2n) is 4.96. The van der Waals surface area contributed by atoms with Crippen molar-refractivity contribution in [3.8, 4) is 0 Å². The number of carbonyl (C=O) groups excluding carboxylic acids is 1. The Hall–Kier alpha value is -1.43. The predicted octanol–water partition coefficient (Wildman–Crippen LogP) is 1.29. The van der Waals surface area contributed by atoms with Crippen LogP contribution in [0.15, 0.2) is 6.33 Å². The lowest BCUT2D eigenvalue weighted by Gasteiger charge is -2.23. The van der Waals surface area contributed by atoms with Crippen molar-refractivity contribution in [2.24, 2.45) is 5.92 Å². The molecule has 1 N–H and O–H groups in total. The third-order valence-corrected chi connectivity index (χ3v) is 3.42. The van der Waals surface area contributed by atoms with Gasteiger partial charge in [-0.1, -0.05) is 6.92 Å². The molecule has 106 valence electrons. The maximum absolute atomic E-state index is 12.1. The maximum Gasteiger partial charge on any atom is 0.223 e. The van der Waals surface area contributed by atoms with Gasteiger partial charge in [-0.05, 0) is 26.2 Å². The van der Waals surface area contributed by atoms with Crippen molar-refractivity contribution < 1.29 is 9.53 Å². The van der Waals surface area contributed by atoms with Crippen LogP contribution in [0.3, 0.4) is 0 Å². The van der Waals surface area contributed by atoms with E-state index in [4.69, 9.17) is 4.74 Å². The van der Waals surface area contributed by atoms with Gasteiger partial charge in [0, 0.05) is 25.7 Å². The van der Waals surface area contributed by atoms with Crippen LogP contribution in [0.2, 0.25) is 0 Å². The van der Waals surface area contributed by atoms with Crippen molar-refractivity contribution in [2.45, 2.75) is 45.7 Å². The van der Waals surface area contributed by atoms with Crippen LogP contribution in [0.1, 0.15) is 45.0 Å². The summed E-state index contributed by atoms with van der Waals surface area (Å²) in [6, 6.07) is -0.107. The van der Waals surface area contributed by atoms with Crippen molar-refractivity contribution in [2.75, 3.05) is 13.2 Å². The molecule has 1 amide bonds. The predicted molar refractivity (Wildman–Crippen MR) is 70.4 cm³/mol. The fourth-order valence-corrected chi connectivity index (χ4v) is 2.35. The fourth-order valence-electron chi connectivity index (χ4n) is 2.35. The molecule has 2 rings (SSSR count). The molecular weight excluding hydrogens is 244 g/mol. The van der Waals surface area contributed by atoms with Gasteiger partial charge in [0.15, 0.2) is 0 Å². The summed E-state index contributed by atoms with van der Waals surface area (Å²) in [4.78, 5) is 16.4. The molecule has 1 aromatic heterocycles. The maximum atomic E-state index is 12.1. The summed E-state index contributed by atoms with van der Waals surface area (Å²) >= 11 is 0. The molecule has 0 bridgehead atoms. The second-order valence-corrected chi connectivity index (χ2v) is 4.96. The molecule has 1 aliphatic heterocycles. The number of carbonyl (C=O) groups is 1. The number of amides is 1. The molecular formula is C13H22N4O2. The number of hydrogen-bond donors (Lipinski definition) is 1. The Balaban J connectivity index is 1.93. The molecule has 6 heteroatoms. The molecule has 1 aliphatic rings. The highest BCUT2D eigenvalue weighted by Gasteiger charge is 2.24. The fraction of sp³-hybridized carbons (Fsp3) is 0.769. The summed E-state index contributed by atoms with van der Waals surface area (Å²) in [7, 11) is 0. The minimum absolute atomic E-state index is 0.0683. The molecule has 0 aromatic carbocycles. The smallest absolute Gasteiger partial charge is 0.223 e. The SMILES string of the molecule is CCCn1ncnc1[C@H](C)NC(=O)C1CCOCC1. The van der Waals surface area contributed by atoms with Crippen molar-refractivity contribution in [1.82, 2.24) is 20.1 Å². The van der Waals surface area contributed by atoms with E-state index in [0.717, 1.165) is 31.6 Å². The highest BCUT2D eigenvalue weighted by Crippen LogP contribution is 2.17. The van der Waals surface area contributed by atoms with E-state index in [1.165, 1.54) is 0 Å². The molecule has 2 heterocycles. The summed E-state index contributed by atoms with van der Waals surface area (Å²) in [5, 5.41) is 7.21. The van der Waals surface area contributed by atoms with E-state index in [-0.39, 0.29) is 17.9 Å². The van der Waals surface area contributed by atoms with E-state index >= 15 is 0 Å². The van der Waals surface area contributed by atoms with Gasteiger partial charge in [0.25, 0.3) is 0 Å². The van der Waals surface area contributed by atoms with E-state index in [9.17, 15) is 4.79 Å². The van der Waals surface area contributed by atoms with Crippen molar-refractivity contribution in [1.29, 1.82) is 0 Å². The Morgan fingerprint density at radius 2 is 2.32 bits per heavy atom. The van der Waals surface area contributed by atoms with Crippen LogP contribution in [0, 0.1) is 5.92 Å². The first kappa shape index (κ1) is 14.0. The van der Waals surface area contributed by atoms with Gasteiger partial charge in [0.05, 0.1) is 6.04 Å². The van der Waals surface area contributed by atoms with Gasteiger partial charge in [-0.2, -0.15) is 5.10 Å². The number of aromatic nitrogens is 3. The number of aryl methyl sites for hydroxylation is 1. The summed E-state index contributed by atoms with van der Waals surface area (Å²) in [5.41, 5.74) is 0. The van der Waals surface area contributed by atoms with Crippen LogP contribution in [0.5, 0.6) is 0 Å². The van der Waals surface area contributed by atoms with Crippen molar-refractivity contribution >= 4 is 5.91 Å². The minimum Gasteiger partial charge on any atom is -0.381 e. The summed E-state index contributed by atoms with van der Waals surface area (Å²) in [6.07, 6.45) is 4.15. The van der Waals surface area contributed by atoms with Crippen molar-refractivity contribution in [3.63, 3.8) is 0 Å². The summed E-state index contributed by atoms with van der Waals surface area (Å²) in [5.74, 6) is 0.989. The zero-order valence-corrected chi connectivity index (χ0v) is 11.6. The molecule has 0 unspecified atom stereocenters. The van der Waals surface area contributed by atoms with Crippen LogP contribution >= 0.6 is 0 Å². The Bertz CT molecular complexity index is 413. The third-order valence-electron chi connectivity index (χ3n) is 3.42. The number of nitrogens with one attached hydrogen (secondary N) is 1. The zero-order chi connectivity index (χ0) is 13.7. The summed E-state index contributed by atoms with van der Waals surface area (Å²) in [6.45, 7) is 6.23. The third kappa shape index (κ3) is 3.53. The molecule has 6 nitrogen and oxygen atoms in total. The molecule has 1 aromatic rings. The quantitative estimate of drug-likeness (QED) is 0.872. The van der Waals surface area contributed by atoms with E-state index < -0.39 is 0 Å². The van der Waals surface area contributed by atoms with Gasteiger partial charge in [0.2, 0.25) is 5.91 Å². The van der Waals surface area contributed by atoms with Gasteiger partial charge in [0.1, 0.15) is 12.2 Å². The van der Waals surface area contributed by atoms with Gasteiger partial charge in [-0.25, -0.2) is 9.67 Å². The molecule has 1 atom stereocenters. The first-order valence-corrected chi connectivity index (χ1v) is 6.98. The summed E-state index contributed by atoms with van der Waals surface area (Å²) < 4.78 is 7.13. The molecule has 0 aliphatic carbocycles. The van der Waals surface area contributed by atoms with Crippen LogP contribution < -0.4 is 5.32 Å². The van der Waals surface area contributed by atoms with Gasteiger partial charge >= 0.3 is 0 Å². The Morgan fingerprint density at radius 1 is 1.58 bits per heavy atom. The largest absolute Gasteiger partial charge is 0.381 e. The molecule has 19 heavy (non-hydrogen) atoms. The second kappa shape index (κ2) is 6.65. The Labute approximate surface area is 113 Å². The van der Waals surface area contributed by atoms with E-state index in [1.54, 1.807) is 6.33 Å². The van der Waals surface area contributed by atoms with Crippen LogP contribution in [-0.2, 0) is 16.1 Å². The first-order chi connectivity index (χ1) is 9.22. The topological polar surface area (TPSA) is 69.0 Å².